The van der Waals surface area contributed by atoms with Gasteiger partial charge in [0.25, 0.3) is 0 Å². The number of carboxylic acids is 1. The van der Waals surface area contributed by atoms with E-state index in [9.17, 15) is 23.9 Å². The van der Waals surface area contributed by atoms with Gasteiger partial charge in [-0.05, 0) is 28.3 Å². The highest BCUT2D eigenvalue weighted by Gasteiger charge is 2.27. The third-order valence-corrected chi connectivity index (χ3v) is 5.19. The Bertz CT molecular complexity index is 1120. The molecule has 0 heterocycles. The highest BCUT2D eigenvalue weighted by atomic mass is 19.1. The topological polar surface area (TPSA) is 95.5 Å². The zero-order chi connectivity index (χ0) is 23.8. The number of rotatable bonds is 9. The molecule has 2 atom stereocenters. The molecule has 2 amide bonds. The molecule has 3 N–H and O–H groups in total. The van der Waals surface area contributed by atoms with E-state index in [1.54, 1.807) is 6.07 Å². The SMILES string of the molecule is CC(=O)N[C@@H](Cc1ccccc1F)C(=O)N[C@H](Cc1ccc(-c2ccccc2)cc1)C(=O)O. The van der Waals surface area contributed by atoms with Crippen LogP contribution >= 0.6 is 0 Å². The van der Waals surface area contributed by atoms with Gasteiger partial charge in [-0.3, -0.25) is 9.59 Å². The number of carbonyl (C=O) groups is 3. The van der Waals surface area contributed by atoms with E-state index in [4.69, 9.17) is 0 Å². The summed E-state index contributed by atoms with van der Waals surface area (Å²) in [5, 5.41) is 14.6. The number of carbonyl (C=O) groups excluding carboxylic acids is 2. The standard InChI is InChI=1S/C26H25FN2O4/c1-17(30)28-23(16-21-9-5-6-10-22(21)27)25(31)29-24(26(32)33)15-18-11-13-20(14-12-18)19-7-3-2-4-8-19/h2-14,23-24H,15-16H2,1H3,(H,28,30)(H,29,31)(H,32,33)/t23-,24+/m0/s1. The van der Waals surface area contributed by atoms with Crippen LogP contribution in [0, 0.1) is 5.82 Å². The average molecular weight is 448 g/mol. The lowest BCUT2D eigenvalue weighted by atomic mass is 10.00. The summed E-state index contributed by atoms with van der Waals surface area (Å²) in [7, 11) is 0. The molecule has 0 bridgehead atoms. The Balaban J connectivity index is 1.71. The fourth-order valence-electron chi connectivity index (χ4n) is 3.51. The van der Waals surface area contributed by atoms with Gasteiger partial charge < -0.3 is 15.7 Å². The van der Waals surface area contributed by atoms with Crippen molar-refractivity contribution in [3.8, 4) is 11.1 Å². The lowest BCUT2D eigenvalue weighted by Gasteiger charge is -2.21. The molecule has 0 saturated carbocycles. The van der Waals surface area contributed by atoms with Crippen LogP contribution in [-0.2, 0) is 27.2 Å². The van der Waals surface area contributed by atoms with Gasteiger partial charge in [0.05, 0.1) is 0 Å². The zero-order valence-electron chi connectivity index (χ0n) is 18.1. The summed E-state index contributed by atoms with van der Waals surface area (Å²) in [5.74, 6) is -2.88. The van der Waals surface area contributed by atoms with E-state index in [2.05, 4.69) is 10.6 Å². The summed E-state index contributed by atoms with van der Waals surface area (Å²) < 4.78 is 14.0. The summed E-state index contributed by atoms with van der Waals surface area (Å²) in [4.78, 5) is 36.2. The van der Waals surface area contributed by atoms with E-state index >= 15 is 0 Å². The smallest absolute Gasteiger partial charge is 0.326 e. The van der Waals surface area contributed by atoms with Crippen molar-refractivity contribution in [3.63, 3.8) is 0 Å². The van der Waals surface area contributed by atoms with Crippen molar-refractivity contribution in [1.82, 2.24) is 10.6 Å². The Morgan fingerprint density at radius 1 is 0.788 bits per heavy atom. The molecule has 7 heteroatoms. The van der Waals surface area contributed by atoms with Gasteiger partial charge in [-0.1, -0.05) is 72.8 Å². The lowest BCUT2D eigenvalue weighted by Crippen LogP contribution is -2.52. The third kappa shape index (κ3) is 6.74. The Labute approximate surface area is 191 Å². The van der Waals surface area contributed by atoms with Crippen molar-refractivity contribution in [2.24, 2.45) is 0 Å². The zero-order valence-corrected chi connectivity index (χ0v) is 18.1. The first kappa shape index (κ1) is 23.7. The van der Waals surface area contributed by atoms with Crippen LogP contribution in [-0.4, -0.2) is 35.0 Å². The second-order valence-electron chi connectivity index (χ2n) is 7.72. The molecule has 3 aromatic rings. The molecule has 3 rings (SSSR count). The molecule has 3 aromatic carbocycles. The second kappa shape index (κ2) is 11.0. The fraction of sp³-hybridized carbons (Fsp3) is 0.192. The van der Waals surface area contributed by atoms with Crippen molar-refractivity contribution in [2.75, 3.05) is 0 Å². The van der Waals surface area contributed by atoms with Crippen LogP contribution in [0.4, 0.5) is 4.39 Å². The molecule has 0 aliphatic heterocycles. The first-order valence-corrected chi connectivity index (χ1v) is 10.5. The first-order valence-electron chi connectivity index (χ1n) is 10.5. The summed E-state index contributed by atoms with van der Waals surface area (Å²) in [6.45, 7) is 1.24. The van der Waals surface area contributed by atoms with Crippen LogP contribution in [0.15, 0.2) is 78.9 Å². The molecular formula is C26H25FN2O4. The monoisotopic (exact) mass is 448 g/mol. The third-order valence-electron chi connectivity index (χ3n) is 5.19. The van der Waals surface area contributed by atoms with Crippen LogP contribution < -0.4 is 10.6 Å². The molecular weight excluding hydrogens is 423 g/mol. The number of nitrogens with one attached hydrogen (secondary N) is 2. The number of aliphatic carboxylic acids is 1. The summed E-state index contributed by atoms with van der Waals surface area (Å²) in [6.07, 6.45) is -0.0428. The Morgan fingerprint density at radius 2 is 1.39 bits per heavy atom. The maximum Gasteiger partial charge on any atom is 0.326 e. The quantitative estimate of drug-likeness (QED) is 0.468. The molecule has 0 aliphatic rings. The maximum absolute atomic E-state index is 14.0. The molecule has 170 valence electrons. The predicted octanol–water partition coefficient (Wildman–Crippen LogP) is 3.35. The molecule has 0 aromatic heterocycles. The Hall–Kier alpha value is -4.00. The molecule has 0 aliphatic carbocycles. The van der Waals surface area contributed by atoms with E-state index < -0.39 is 35.7 Å². The Morgan fingerprint density at radius 3 is 2.00 bits per heavy atom. The number of hydrogen-bond donors (Lipinski definition) is 3. The number of carboxylic acid groups (broad SMARTS) is 1. The van der Waals surface area contributed by atoms with Crippen molar-refractivity contribution < 1.29 is 23.9 Å². The number of benzene rings is 3. The van der Waals surface area contributed by atoms with E-state index in [0.717, 1.165) is 16.7 Å². The molecule has 0 unspecified atom stereocenters. The van der Waals surface area contributed by atoms with Gasteiger partial charge in [-0.2, -0.15) is 0 Å². The molecule has 6 nitrogen and oxygen atoms in total. The van der Waals surface area contributed by atoms with Crippen LogP contribution in [0.5, 0.6) is 0 Å². The number of amides is 2. The maximum atomic E-state index is 14.0. The van der Waals surface area contributed by atoms with Gasteiger partial charge in [0.1, 0.15) is 17.9 Å². The summed E-state index contributed by atoms with van der Waals surface area (Å²) >= 11 is 0. The molecule has 0 saturated heterocycles. The fourth-order valence-corrected chi connectivity index (χ4v) is 3.51. The first-order chi connectivity index (χ1) is 15.8. The highest BCUT2D eigenvalue weighted by Crippen LogP contribution is 2.20. The number of hydrogen-bond acceptors (Lipinski definition) is 3. The highest BCUT2D eigenvalue weighted by molar-refractivity contribution is 5.90. The predicted molar refractivity (Wildman–Crippen MR) is 123 cm³/mol. The van der Waals surface area contributed by atoms with Gasteiger partial charge in [-0.25, -0.2) is 9.18 Å². The van der Waals surface area contributed by atoms with Crippen molar-refractivity contribution >= 4 is 17.8 Å². The average Bonchev–Trinajstić information content (AvgIpc) is 2.80. The largest absolute Gasteiger partial charge is 0.480 e. The second-order valence-corrected chi connectivity index (χ2v) is 7.72. The molecule has 0 radical (unpaired) electrons. The summed E-state index contributed by atoms with van der Waals surface area (Å²) in [5.41, 5.74) is 3.01. The van der Waals surface area contributed by atoms with Crippen LogP contribution in [0.2, 0.25) is 0 Å². The van der Waals surface area contributed by atoms with Gasteiger partial charge in [0.15, 0.2) is 0 Å². The lowest BCUT2D eigenvalue weighted by molar-refractivity contribution is -0.142. The molecule has 0 spiro atoms. The van der Waals surface area contributed by atoms with Crippen molar-refractivity contribution in [3.05, 3.63) is 95.8 Å². The minimum Gasteiger partial charge on any atom is -0.480 e. The van der Waals surface area contributed by atoms with Crippen LogP contribution in [0.1, 0.15) is 18.1 Å². The van der Waals surface area contributed by atoms with Crippen molar-refractivity contribution in [2.45, 2.75) is 31.8 Å². The van der Waals surface area contributed by atoms with Gasteiger partial charge in [0.2, 0.25) is 11.8 Å². The van der Waals surface area contributed by atoms with Gasteiger partial charge >= 0.3 is 5.97 Å². The van der Waals surface area contributed by atoms with Crippen LogP contribution in [0.25, 0.3) is 11.1 Å². The Kier molecular flexibility index (Phi) is 7.91. The normalized spacial score (nSPS) is 12.4. The summed E-state index contributed by atoms with van der Waals surface area (Å²) in [6, 6.07) is 20.8. The molecule has 0 fully saturated rings. The molecule has 33 heavy (non-hydrogen) atoms. The van der Waals surface area contributed by atoms with E-state index in [-0.39, 0.29) is 18.4 Å². The van der Waals surface area contributed by atoms with Crippen LogP contribution in [0.3, 0.4) is 0 Å². The van der Waals surface area contributed by atoms with Crippen molar-refractivity contribution in [1.29, 1.82) is 0 Å². The van der Waals surface area contributed by atoms with E-state index in [0.29, 0.717) is 0 Å². The number of halogens is 1. The van der Waals surface area contributed by atoms with Gasteiger partial charge in [0, 0.05) is 19.8 Å². The van der Waals surface area contributed by atoms with Gasteiger partial charge in [-0.15, -0.1) is 0 Å². The van der Waals surface area contributed by atoms with E-state index in [1.807, 2.05) is 54.6 Å². The van der Waals surface area contributed by atoms with E-state index in [1.165, 1.54) is 25.1 Å². The minimum atomic E-state index is -1.21. The minimum absolute atomic E-state index is 0.0582.